The lowest BCUT2D eigenvalue weighted by molar-refractivity contribution is 0.247. The van der Waals surface area contributed by atoms with Crippen molar-refractivity contribution in [2.24, 2.45) is 0 Å². The van der Waals surface area contributed by atoms with Crippen LogP contribution in [0, 0.1) is 11.3 Å². The minimum atomic E-state index is -3.28. The Morgan fingerprint density at radius 1 is 1.26 bits per heavy atom. The van der Waals surface area contributed by atoms with Crippen LogP contribution < -0.4 is 0 Å². The van der Waals surface area contributed by atoms with E-state index in [4.69, 9.17) is 5.26 Å². The van der Waals surface area contributed by atoms with Crippen LogP contribution in [-0.4, -0.2) is 38.2 Å². The van der Waals surface area contributed by atoms with Crippen LogP contribution in [0.25, 0.3) is 0 Å². The van der Waals surface area contributed by atoms with E-state index in [2.05, 4.69) is 18.7 Å². The summed E-state index contributed by atoms with van der Waals surface area (Å²) in [6, 6.07) is 8.38. The number of rotatable bonds is 6. The lowest BCUT2D eigenvalue weighted by atomic mass is 10.2. The molecule has 0 spiro atoms. The first-order chi connectivity index (χ1) is 8.90. The number of nitriles is 1. The first-order valence-corrected chi connectivity index (χ1v) is 8.03. The van der Waals surface area contributed by atoms with Crippen LogP contribution in [0.4, 0.5) is 0 Å². The van der Waals surface area contributed by atoms with E-state index in [1.54, 1.807) is 0 Å². The highest BCUT2D eigenvalue weighted by atomic mass is 32.2. The molecule has 0 aliphatic carbocycles. The van der Waals surface area contributed by atoms with Gasteiger partial charge in [0.1, 0.15) is 0 Å². The van der Waals surface area contributed by atoms with Crippen LogP contribution in [0.2, 0.25) is 0 Å². The van der Waals surface area contributed by atoms with E-state index in [0.717, 1.165) is 6.54 Å². The Labute approximate surface area is 115 Å². The number of benzene rings is 1. The average Bonchev–Trinajstić information content (AvgIpc) is 2.39. The third-order valence-corrected chi connectivity index (χ3v) is 4.84. The SMILES string of the molecule is CCN(CCS(=O)(=O)c1ccc(C#N)cc1)C(C)C. The van der Waals surface area contributed by atoms with E-state index >= 15 is 0 Å². The van der Waals surface area contributed by atoms with Gasteiger partial charge in [0, 0.05) is 12.6 Å². The Morgan fingerprint density at radius 3 is 2.26 bits per heavy atom. The molecule has 0 N–H and O–H groups in total. The van der Waals surface area contributed by atoms with Gasteiger partial charge in [-0.1, -0.05) is 6.92 Å². The molecule has 1 aromatic rings. The second kappa shape index (κ2) is 6.69. The highest BCUT2D eigenvalue weighted by molar-refractivity contribution is 7.91. The van der Waals surface area contributed by atoms with Crippen molar-refractivity contribution in [3.8, 4) is 6.07 Å². The molecule has 0 radical (unpaired) electrons. The number of nitrogens with zero attached hydrogens (tertiary/aromatic N) is 2. The van der Waals surface area contributed by atoms with Crippen LogP contribution in [0.5, 0.6) is 0 Å². The van der Waals surface area contributed by atoms with E-state index in [0.29, 0.717) is 18.2 Å². The first kappa shape index (κ1) is 15.7. The summed E-state index contributed by atoms with van der Waals surface area (Å²) in [6.45, 7) is 7.49. The van der Waals surface area contributed by atoms with Gasteiger partial charge in [-0.15, -0.1) is 0 Å². The van der Waals surface area contributed by atoms with Gasteiger partial charge >= 0.3 is 0 Å². The van der Waals surface area contributed by atoms with Gasteiger partial charge < -0.3 is 4.90 Å². The normalized spacial score (nSPS) is 11.8. The molecular weight excluding hydrogens is 260 g/mol. The van der Waals surface area contributed by atoms with Crippen molar-refractivity contribution in [2.75, 3.05) is 18.8 Å². The number of sulfone groups is 1. The number of hydrogen-bond acceptors (Lipinski definition) is 4. The van der Waals surface area contributed by atoms with Gasteiger partial charge in [0.15, 0.2) is 9.84 Å². The molecule has 19 heavy (non-hydrogen) atoms. The summed E-state index contributed by atoms with van der Waals surface area (Å²) < 4.78 is 24.3. The van der Waals surface area contributed by atoms with Crippen molar-refractivity contribution in [1.82, 2.24) is 4.90 Å². The smallest absolute Gasteiger partial charge is 0.179 e. The van der Waals surface area contributed by atoms with Crippen molar-refractivity contribution >= 4 is 9.84 Å². The predicted octanol–water partition coefficient (Wildman–Crippen LogP) is 2.06. The van der Waals surface area contributed by atoms with E-state index in [-0.39, 0.29) is 10.6 Å². The van der Waals surface area contributed by atoms with Crippen LogP contribution in [0.3, 0.4) is 0 Å². The summed E-state index contributed by atoms with van der Waals surface area (Å²) in [4.78, 5) is 2.40. The highest BCUT2D eigenvalue weighted by Crippen LogP contribution is 2.13. The summed E-state index contributed by atoms with van der Waals surface area (Å²) in [5, 5.41) is 8.69. The first-order valence-electron chi connectivity index (χ1n) is 6.37. The fraction of sp³-hybridized carbons (Fsp3) is 0.500. The topological polar surface area (TPSA) is 61.2 Å². The summed E-state index contributed by atoms with van der Waals surface area (Å²) in [5.74, 6) is 0.102. The van der Waals surface area contributed by atoms with Gasteiger partial charge in [0.25, 0.3) is 0 Å². The van der Waals surface area contributed by atoms with Crippen LogP contribution in [0.1, 0.15) is 26.3 Å². The average molecular weight is 280 g/mol. The molecule has 0 saturated heterocycles. The van der Waals surface area contributed by atoms with Gasteiger partial charge in [-0.25, -0.2) is 8.42 Å². The van der Waals surface area contributed by atoms with E-state index < -0.39 is 9.84 Å². The van der Waals surface area contributed by atoms with Crippen molar-refractivity contribution in [3.63, 3.8) is 0 Å². The Kier molecular flexibility index (Phi) is 5.52. The maximum absolute atomic E-state index is 12.2. The molecule has 0 unspecified atom stereocenters. The molecule has 0 bridgehead atoms. The lowest BCUT2D eigenvalue weighted by Gasteiger charge is -2.24. The molecule has 104 valence electrons. The minimum Gasteiger partial charge on any atom is -0.300 e. The van der Waals surface area contributed by atoms with Crippen LogP contribution >= 0.6 is 0 Å². The van der Waals surface area contributed by atoms with Crippen molar-refractivity contribution in [3.05, 3.63) is 29.8 Å². The molecule has 0 fully saturated rings. The standard InChI is InChI=1S/C14H20N2O2S/c1-4-16(12(2)3)9-10-19(17,18)14-7-5-13(11-15)6-8-14/h5-8,12H,4,9-10H2,1-3H3. The maximum atomic E-state index is 12.2. The van der Waals surface area contributed by atoms with Crippen molar-refractivity contribution in [2.45, 2.75) is 31.7 Å². The van der Waals surface area contributed by atoms with Gasteiger partial charge in [-0.05, 0) is 44.7 Å². The molecule has 4 nitrogen and oxygen atoms in total. The fourth-order valence-electron chi connectivity index (χ4n) is 1.87. The third-order valence-electron chi connectivity index (χ3n) is 3.13. The summed E-state index contributed by atoms with van der Waals surface area (Å²) in [6.07, 6.45) is 0. The van der Waals surface area contributed by atoms with E-state index in [1.807, 2.05) is 13.0 Å². The molecule has 5 heteroatoms. The molecule has 1 rings (SSSR count). The summed E-state index contributed by atoms with van der Waals surface area (Å²) in [5.41, 5.74) is 0.469. The second-order valence-electron chi connectivity index (χ2n) is 4.68. The Hall–Kier alpha value is -1.38. The molecule has 0 atom stereocenters. The van der Waals surface area contributed by atoms with E-state index in [9.17, 15) is 8.42 Å². The predicted molar refractivity (Wildman–Crippen MR) is 75.6 cm³/mol. The lowest BCUT2D eigenvalue weighted by Crippen LogP contribution is -2.34. The van der Waals surface area contributed by atoms with Crippen molar-refractivity contribution in [1.29, 1.82) is 5.26 Å². The molecule has 0 aromatic heterocycles. The van der Waals surface area contributed by atoms with Crippen LogP contribution in [0.15, 0.2) is 29.2 Å². The summed E-state index contributed by atoms with van der Waals surface area (Å²) >= 11 is 0. The van der Waals surface area contributed by atoms with Crippen LogP contribution in [-0.2, 0) is 9.84 Å². The molecule has 0 saturated carbocycles. The molecule has 0 aliphatic heterocycles. The van der Waals surface area contributed by atoms with Gasteiger partial charge in [0.05, 0.1) is 22.3 Å². The monoisotopic (exact) mass is 280 g/mol. The molecule has 1 aromatic carbocycles. The summed E-state index contributed by atoms with van der Waals surface area (Å²) in [7, 11) is -3.28. The maximum Gasteiger partial charge on any atom is 0.179 e. The quantitative estimate of drug-likeness (QED) is 0.800. The largest absolute Gasteiger partial charge is 0.300 e. The van der Waals surface area contributed by atoms with Gasteiger partial charge in [0.2, 0.25) is 0 Å². The third kappa shape index (κ3) is 4.34. The zero-order valence-corrected chi connectivity index (χ0v) is 12.4. The Bertz CT molecular complexity index is 542. The van der Waals surface area contributed by atoms with Crippen molar-refractivity contribution < 1.29 is 8.42 Å². The molecule has 0 heterocycles. The fourth-order valence-corrected chi connectivity index (χ4v) is 3.13. The Balaban J connectivity index is 2.78. The molecular formula is C14H20N2O2S. The zero-order chi connectivity index (χ0) is 14.5. The Morgan fingerprint density at radius 2 is 1.84 bits per heavy atom. The number of hydrogen-bond donors (Lipinski definition) is 0. The minimum absolute atomic E-state index is 0.102. The van der Waals surface area contributed by atoms with Gasteiger partial charge in [-0.2, -0.15) is 5.26 Å². The molecule has 0 amide bonds. The van der Waals surface area contributed by atoms with E-state index in [1.165, 1.54) is 24.3 Å². The second-order valence-corrected chi connectivity index (χ2v) is 6.79. The zero-order valence-electron chi connectivity index (χ0n) is 11.6. The molecule has 0 aliphatic rings. The van der Waals surface area contributed by atoms with Gasteiger partial charge in [-0.3, -0.25) is 0 Å². The highest BCUT2D eigenvalue weighted by Gasteiger charge is 2.17.